The highest BCUT2D eigenvalue weighted by Gasteiger charge is 2.39. The van der Waals surface area contributed by atoms with Gasteiger partial charge in [0, 0.05) is 30.2 Å². The first-order chi connectivity index (χ1) is 18.6. The SMILES string of the molecule is O=S(=O)(c1ccc(Cl)cc1)N(c1cccc(C(F)(F)F)c1)C1CCN(C2CCCCC2c2ccccc2)CC1. The van der Waals surface area contributed by atoms with Crippen molar-refractivity contribution in [2.24, 2.45) is 0 Å². The van der Waals surface area contributed by atoms with Crippen LogP contribution in [0.2, 0.25) is 5.02 Å². The molecule has 4 nitrogen and oxygen atoms in total. The molecule has 5 rings (SSSR count). The van der Waals surface area contributed by atoms with Crippen LogP contribution in [0.4, 0.5) is 18.9 Å². The third-order valence-corrected chi connectivity index (χ3v) is 10.2. The van der Waals surface area contributed by atoms with Crippen LogP contribution in [-0.2, 0) is 16.2 Å². The zero-order chi connectivity index (χ0) is 27.6. The maximum atomic E-state index is 13.9. The number of piperidine rings is 1. The summed E-state index contributed by atoms with van der Waals surface area (Å²) in [5.74, 6) is 0.425. The fourth-order valence-electron chi connectivity index (χ4n) is 6.17. The van der Waals surface area contributed by atoms with E-state index in [9.17, 15) is 21.6 Å². The summed E-state index contributed by atoms with van der Waals surface area (Å²) in [7, 11) is -4.14. The highest BCUT2D eigenvalue weighted by Crippen LogP contribution is 2.39. The number of hydrogen-bond acceptors (Lipinski definition) is 3. The van der Waals surface area contributed by atoms with Gasteiger partial charge in [-0.15, -0.1) is 0 Å². The van der Waals surface area contributed by atoms with Gasteiger partial charge in [-0.1, -0.05) is 60.8 Å². The molecule has 0 N–H and O–H groups in total. The van der Waals surface area contributed by atoms with Gasteiger partial charge < -0.3 is 0 Å². The van der Waals surface area contributed by atoms with Gasteiger partial charge in [-0.3, -0.25) is 9.21 Å². The first-order valence-corrected chi connectivity index (χ1v) is 15.2. The predicted octanol–water partition coefficient (Wildman–Crippen LogP) is 7.74. The number of rotatable bonds is 6. The third kappa shape index (κ3) is 6.13. The van der Waals surface area contributed by atoms with Crippen molar-refractivity contribution in [3.63, 3.8) is 0 Å². The summed E-state index contributed by atoms with van der Waals surface area (Å²) >= 11 is 5.98. The molecule has 2 aliphatic rings. The minimum Gasteiger partial charge on any atom is -0.300 e. The van der Waals surface area contributed by atoms with Crippen molar-refractivity contribution in [3.8, 4) is 0 Å². The highest BCUT2D eigenvalue weighted by atomic mass is 35.5. The van der Waals surface area contributed by atoms with E-state index >= 15 is 0 Å². The molecule has 0 radical (unpaired) electrons. The van der Waals surface area contributed by atoms with Crippen molar-refractivity contribution in [1.29, 1.82) is 0 Å². The number of nitrogens with zero attached hydrogens (tertiary/aromatic N) is 2. The molecule has 2 fully saturated rings. The van der Waals surface area contributed by atoms with Crippen molar-refractivity contribution in [3.05, 3.63) is 95.0 Å². The molecule has 9 heteroatoms. The fourth-order valence-corrected chi connectivity index (χ4v) is 8.00. The van der Waals surface area contributed by atoms with Crippen LogP contribution >= 0.6 is 11.6 Å². The van der Waals surface area contributed by atoms with Crippen LogP contribution in [0.3, 0.4) is 0 Å². The number of alkyl halides is 3. The lowest BCUT2D eigenvalue weighted by Crippen LogP contribution is -2.51. The van der Waals surface area contributed by atoms with Crippen LogP contribution in [0, 0.1) is 0 Å². The van der Waals surface area contributed by atoms with Crippen molar-refractivity contribution in [2.75, 3.05) is 17.4 Å². The lowest BCUT2D eigenvalue weighted by Gasteiger charge is -2.45. The second-order valence-corrected chi connectivity index (χ2v) is 12.7. The first kappa shape index (κ1) is 28.0. The average Bonchev–Trinajstić information content (AvgIpc) is 2.94. The zero-order valence-corrected chi connectivity index (χ0v) is 23.1. The molecule has 1 heterocycles. The van der Waals surface area contributed by atoms with Crippen LogP contribution in [0.5, 0.6) is 0 Å². The summed E-state index contributed by atoms with van der Waals surface area (Å²) in [6.45, 7) is 1.37. The lowest BCUT2D eigenvalue weighted by molar-refractivity contribution is -0.137. The van der Waals surface area contributed by atoms with Crippen LogP contribution in [0.25, 0.3) is 0 Å². The molecular formula is C30H32ClF3N2O2S. The summed E-state index contributed by atoms with van der Waals surface area (Å²) in [6.07, 6.45) is 1.04. The summed E-state index contributed by atoms with van der Waals surface area (Å²) in [5, 5.41) is 0.383. The smallest absolute Gasteiger partial charge is 0.300 e. The molecular weight excluding hydrogens is 545 g/mol. The monoisotopic (exact) mass is 576 g/mol. The van der Waals surface area contributed by atoms with Crippen LogP contribution in [-0.4, -0.2) is 38.5 Å². The Labute approximate surface area is 233 Å². The Hall–Kier alpha value is -2.55. The average molecular weight is 577 g/mol. The summed E-state index contributed by atoms with van der Waals surface area (Å²) in [5.41, 5.74) is 0.486. The topological polar surface area (TPSA) is 40.6 Å². The molecule has 1 saturated carbocycles. The second kappa shape index (κ2) is 11.5. The highest BCUT2D eigenvalue weighted by molar-refractivity contribution is 7.92. The molecule has 2 unspecified atom stereocenters. The van der Waals surface area contributed by atoms with E-state index < -0.39 is 27.8 Å². The largest absolute Gasteiger partial charge is 0.416 e. The first-order valence-electron chi connectivity index (χ1n) is 13.4. The van der Waals surface area contributed by atoms with Crippen molar-refractivity contribution >= 4 is 27.3 Å². The Morgan fingerprint density at radius 3 is 2.15 bits per heavy atom. The van der Waals surface area contributed by atoms with Gasteiger partial charge in [-0.05, 0) is 79.6 Å². The predicted molar refractivity (Wildman–Crippen MR) is 149 cm³/mol. The van der Waals surface area contributed by atoms with E-state index in [2.05, 4.69) is 29.2 Å². The molecule has 208 valence electrons. The molecule has 3 aromatic carbocycles. The molecule has 1 saturated heterocycles. The maximum absolute atomic E-state index is 13.9. The summed E-state index contributed by atoms with van der Waals surface area (Å²) < 4.78 is 69.8. The van der Waals surface area contributed by atoms with Gasteiger partial charge in [0.15, 0.2) is 0 Å². The van der Waals surface area contributed by atoms with Crippen molar-refractivity contribution < 1.29 is 21.6 Å². The van der Waals surface area contributed by atoms with Crippen LogP contribution in [0.15, 0.2) is 83.8 Å². The van der Waals surface area contributed by atoms with Crippen LogP contribution in [0.1, 0.15) is 55.6 Å². The quantitative estimate of drug-likeness (QED) is 0.301. The third-order valence-electron chi connectivity index (χ3n) is 8.06. The minimum atomic E-state index is -4.58. The number of halogens is 4. The Balaban J connectivity index is 1.43. The standard InChI is InChI=1S/C30H32ClF3N2O2S/c31-24-13-15-27(16-14-24)39(37,38)36(26-10-6-9-23(21-26)30(32,33)34)25-17-19-35(20-18-25)29-12-5-4-11-28(29)22-7-2-1-3-8-22/h1-3,6-10,13-16,21,25,28-29H,4-5,11-12,17-20H2. The maximum Gasteiger partial charge on any atom is 0.416 e. The van der Waals surface area contributed by atoms with Gasteiger partial charge >= 0.3 is 6.18 Å². The number of hydrogen-bond donors (Lipinski definition) is 0. The van der Waals surface area contributed by atoms with Crippen molar-refractivity contribution in [2.45, 2.75) is 67.6 Å². The van der Waals surface area contributed by atoms with E-state index in [1.165, 1.54) is 52.7 Å². The Morgan fingerprint density at radius 1 is 0.821 bits per heavy atom. The van der Waals surface area contributed by atoms with Gasteiger partial charge in [-0.25, -0.2) is 8.42 Å². The molecule has 0 bridgehead atoms. The minimum absolute atomic E-state index is 0.00293. The number of anilines is 1. The summed E-state index contributed by atoms with van der Waals surface area (Å²) in [4.78, 5) is 2.47. The van der Waals surface area contributed by atoms with Gasteiger partial charge in [0.05, 0.1) is 16.1 Å². The van der Waals surface area contributed by atoms with Crippen LogP contribution < -0.4 is 4.31 Å². The Kier molecular flexibility index (Phi) is 8.26. The van der Waals surface area contributed by atoms with E-state index in [0.29, 0.717) is 42.9 Å². The molecule has 1 aliphatic heterocycles. The molecule has 2 atom stereocenters. The second-order valence-electron chi connectivity index (χ2n) is 10.4. The Morgan fingerprint density at radius 2 is 1.49 bits per heavy atom. The van der Waals surface area contributed by atoms with E-state index in [1.807, 2.05) is 6.07 Å². The molecule has 0 spiro atoms. The molecule has 0 amide bonds. The van der Waals surface area contributed by atoms with Gasteiger partial charge in [-0.2, -0.15) is 13.2 Å². The van der Waals surface area contributed by atoms with E-state index in [-0.39, 0.29) is 10.6 Å². The molecule has 1 aliphatic carbocycles. The van der Waals surface area contributed by atoms with Crippen molar-refractivity contribution in [1.82, 2.24) is 4.90 Å². The fraction of sp³-hybridized carbons (Fsp3) is 0.400. The summed E-state index contributed by atoms with van der Waals surface area (Å²) in [6, 6.07) is 20.8. The lowest BCUT2D eigenvalue weighted by atomic mass is 9.78. The number of likely N-dealkylation sites (tertiary alicyclic amines) is 1. The van der Waals surface area contributed by atoms with E-state index in [1.54, 1.807) is 0 Å². The zero-order valence-electron chi connectivity index (χ0n) is 21.5. The van der Waals surface area contributed by atoms with Gasteiger partial charge in [0.1, 0.15) is 0 Å². The molecule has 39 heavy (non-hydrogen) atoms. The van der Waals surface area contributed by atoms with Gasteiger partial charge in [0.2, 0.25) is 0 Å². The molecule has 3 aromatic rings. The Bertz CT molecular complexity index is 1360. The number of sulfonamides is 1. The van der Waals surface area contributed by atoms with Gasteiger partial charge in [0.25, 0.3) is 10.0 Å². The molecule has 0 aromatic heterocycles. The van der Waals surface area contributed by atoms with E-state index in [4.69, 9.17) is 11.6 Å². The normalized spacial score (nSPS) is 21.5. The number of benzene rings is 3. The van der Waals surface area contributed by atoms with E-state index in [0.717, 1.165) is 31.4 Å².